The van der Waals surface area contributed by atoms with Gasteiger partial charge in [-0.2, -0.15) is 0 Å². The highest BCUT2D eigenvalue weighted by atomic mass is 19.1. The summed E-state index contributed by atoms with van der Waals surface area (Å²) < 4.78 is 26.4. The highest BCUT2D eigenvalue weighted by Gasteiger charge is 2.30. The van der Waals surface area contributed by atoms with Crippen LogP contribution in [0.1, 0.15) is 48.9 Å². The fraction of sp³-hybridized carbons (Fsp3) is 0.258. The lowest BCUT2D eigenvalue weighted by molar-refractivity contribution is -0.144. The molecule has 0 amide bonds. The van der Waals surface area contributed by atoms with Crippen molar-refractivity contribution in [3.05, 3.63) is 107 Å². The molecule has 37 heavy (non-hydrogen) atoms. The lowest BCUT2D eigenvalue weighted by Crippen LogP contribution is -2.37. The maximum absolute atomic E-state index is 14.6. The van der Waals surface area contributed by atoms with Crippen LogP contribution in [-0.4, -0.2) is 29.8 Å². The van der Waals surface area contributed by atoms with E-state index in [1.807, 2.05) is 30.3 Å². The van der Waals surface area contributed by atoms with Gasteiger partial charge in [-0.25, -0.2) is 9.18 Å². The minimum atomic E-state index is -1.10. The van der Waals surface area contributed by atoms with Crippen molar-refractivity contribution in [3.8, 4) is 11.5 Å². The van der Waals surface area contributed by atoms with Crippen LogP contribution in [0.25, 0.3) is 10.8 Å². The molecule has 5 rings (SSSR count). The van der Waals surface area contributed by atoms with E-state index >= 15 is 0 Å². The van der Waals surface area contributed by atoms with Gasteiger partial charge in [-0.05, 0) is 60.4 Å². The molecule has 190 valence electrons. The van der Waals surface area contributed by atoms with E-state index < -0.39 is 17.9 Å². The Kier molecular flexibility index (Phi) is 7.10. The van der Waals surface area contributed by atoms with Crippen molar-refractivity contribution < 1.29 is 23.8 Å². The molecule has 4 atom stereocenters. The van der Waals surface area contributed by atoms with Crippen LogP contribution < -0.4 is 14.8 Å². The molecule has 0 spiro atoms. The minimum Gasteiger partial charge on any atom is -0.489 e. The van der Waals surface area contributed by atoms with Crippen molar-refractivity contribution in [2.24, 2.45) is 0 Å². The summed E-state index contributed by atoms with van der Waals surface area (Å²) in [6.07, 6.45) is -0.573. The second-order valence-electron chi connectivity index (χ2n) is 9.58. The molecular weight excluding hydrogens is 469 g/mol. The Bertz CT molecular complexity index is 1420. The van der Waals surface area contributed by atoms with Gasteiger partial charge in [-0.3, -0.25) is 0 Å². The molecule has 0 saturated carbocycles. The van der Waals surface area contributed by atoms with Gasteiger partial charge in [-0.1, -0.05) is 60.7 Å². The minimum absolute atomic E-state index is 0.108. The van der Waals surface area contributed by atoms with Gasteiger partial charge in [0, 0.05) is 30.1 Å². The zero-order valence-corrected chi connectivity index (χ0v) is 20.9. The molecule has 0 fully saturated rings. The normalized spacial score (nSPS) is 18.5. The Hall–Kier alpha value is -3.90. The topological polar surface area (TPSA) is 67.8 Å². The van der Waals surface area contributed by atoms with E-state index in [4.69, 9.17) is 9.47 Å². The van der Waals surface area contributed by atoms with Gasteiger partial charge in [0.2, 0.25) is 0 Å². The number of hydrogen-bond donors (Lipinski definition) is 2. The first-order valence-electron chi connectivity index (χ1n) is 12.6. The van der Waals surface area contributed by atoms with Crippen LogP contribution in [0.2, 0.25) is 0 Å². The van der Waals surface area contributed by atoms with Crippen LogP contribution in [-0.2, 0) is 4.79 Å². The second kappa shape index (κ2) is 10.6. The maximum Gasteiger partial charge on any atom is 0.344 e. The average Bonchev–Trinajstić information content (AvgIpc) is 2.90. The number of hydrogen-bond acceptors (Lipinski definition) is 4. The Balaban J connectivity index is 1.37. The standard InChI is InChI=1S/C31H30FNO4/c1-19(26-12-7-9-21-8-3-4-10-27(21)26)33-18-25-17-29(28-11-5-6-13-30(28)37-25)22-14-23(32)16-24(15-22)36-20(2)31(34)35/h3-16,19-20,25,29,33H,17-18H2,1-2H3,(H,34,35)/t19-,20?,25-,29-/m1/s1. The molecule has 0 radical (unpaired) electrons. The van der Waals surface area contributed by atoms with Gasteiger partial charge in [0.05, 0.1) is 0 Å². The quantitative estimate of drug-likeness (QED) is 0.291. The number of ether oxygens (including phenoxy) is 2. The fourth-order valence-electron chi connectivity index (χ4n) is 5.09. The summed E-state index contributed by atoms with van der Waals surface area (Å²) in [5, 5.41) is 15.3. The Morgan fingerprint density at radius 1 is 1.05 bits per heavy atom. The van der Waals surface area contributed by atoms with E-state index in [1.54, 1.807) is 6.07 Å². The molecule has 1 aliphatic heterocycles. The Morgan fingerprint density at radius 3 is 2.65 bits per heavy atom. The van der Waals surface area contributed by atoms with Crippen LogP contribution in [0.3, 0.4) is 0 Å². The molecule has 5 nitrogen and oxygen atoms in total. The van der Waals surface area contributed by atoms with Gasteiger partial charge in [0.1, 0.15) is 23.4 Å². The number of aliphatic carboxylic acids is 1. The number of benzene rings is 4. The summed E-state index contributed by atoms with van der Waals surface area (Å²) in [6, 6.07) is 27.1. The van der Waals surface area contributed by atoms with Crippen molar-refractivity contribution in [2.75, 3.05) is 6.54 Å². The molecule has 1 unspecified atom stereocenters. The van der Waals surface area contributed by atoms with Crippen LogP contribution in [0.15, 0.2) is 84.9 Å². The summed E-state index contributed by atoms with van der Waals surface area (Å²) in [6.45, 7) is 4.19. The van der Waals surface area contributed by atoms with E-state index in [1.165, 1.54) is 35.4 Å². The monoisotopic (exact) mass is 499 g/mol. The van der Waals surface area contributed by atoms with Gasteiger partial charge in [-0.15, -0.1) is 0 Å². The molecule has 2 N–H and O–H groups in total. The summed E-state index contributed by atoms with van der Waals surface area (Å²) in [5.41, 5.74) is 2.93. The fourth-order valence-corrected chi connectivity index (χ4v) is 5.09. The number of carboxylic acids is 1. The average molecular weight is 500 g/mol. The Labute approximate surface area is 215 Å². The third-order valence-corrected chi connectivity index (χ3v) is 6.98. The third-order valence-electron chi connectivity index (χ3n) is 6.98. The highest BCUT2D eigenvalue weighted by Crippen LogP contribution is 2.41. The van der Waals surface area contributed by atoms with Crippen molar-refractivity contribution in [3.63, 3.8) is 0 Å². The summed E-state index contributed by atoms with van der Waals surface area (Å²) in [7, 11) is 0. The zero-order valence-electron chi connectivity index (χ0n) is 20.9. The van der Waals surface area contributed by atoms with Gasteiger partial charge >= 0.3 is 5.97 Å². The summed E-state index contributed by atoms with van der Waals surface area (Å²) in [4.78, 5) is 11.2. The highest BCUT2D eigenvalue weighted by molar-refractivity contribution is 5.86. The number of carboxylic acid groups (broad SMARTS) is 1. The number of fused-ring (bicyclic) bond motifs is 2. The molecule has 0 bridgehead atoms. The first-order chi connectivity index (χ1) is 17.9. The number of rotatable bonds is 8. The first-order valence-corrected chi connectivity index (χ1v) is 12.6. The molecule has 0 aromatic heterocycles. The summed E-state index contributed by atoms with van der Waals surface area (Å²) >= 11 is 0. The van der Waals surface area contributed by atoms with E-state index in [0.29, 0.717) is 13.0 Å². The van der Waals surface area contributed by atoms with Crippen LogP contribution in [0.5, 0.6) is 11.5 Å². The molecule has 6 heteroatoms. The zero-order chi connectivity index (χ0) is 25.9. The predicted octanol–water partition coefficient (Wildman–Crippen LogP) is 6.46. The van der Waals surface area contributed by atoms with Gasteiger partial charge in [0.15, 0.2) is 6.10 Å². The Morgan fingerprint density at radius 2 is 1.81 bits per heavy atom. The molecule has 0 saturated heterocycles. The molecule has 0 aliphatic carbocycles. The first kappa shape index (κ1) is 24.8. The van der Waals surface area contributed by atoms with Crippen LogP contribution in [0, 0.1) is 5.82 Å². The van der Waals surface area contributed by atoms with Crippen molar-refractivity contribution >= 4 is 16.7 Å². The molecular formula is C31H30FNO4. The van der Waals surface area contributed by atoms with Crippen molar-refractivity contribution in [1.82, 2.24) is 5.32 Å². The van der Waals surface area contributed by atoms with E-state index in [-0.39, 0.29) is 23.8 Å². The predicted molar refractivity (Wildman–Crippen MR) is 142 cm³/mol. The summed E-state index contributed by atoms with van der Waals surface area (Å²) in [5.74, 6) is -0.716. The number of halogens is 1. The van der Waals surface area contributed by atoms with Crippen LogP contribution >= 0.6 is 0 Å². The van der Waals surface area contributed by atoms with E-state index in [0.717, 1.165) is 16.9 Å². The third kappa shape index (κ3) is 5.44. The van der Waals surface area contributed by atoms with Crippen molar-refractivity contribution in [2.45, 2.75) is 44.4 Å². The number of carbonyl (C=O) groups is 1. The van der Waals surface area contributed by atoms with Crippen LogP contribution in [0.4, 0.5) is 4.39 Å². The lowest BCUT2D eigenvalue weighted by Gasteiger charge is -2.33. The SMILES string of the molecule is CC(Oc1cc(F)cc([C@H]2C[C@H](CN[C@H](C)c3cccc4ccccc34)Oc3ccccc32)c1)C(=O)O. The maximum atomic E-state index is 14.6. The smallest absolute Gasteiger partial charge is 0.344 e. The largest absolute Gasteiger partial charge is 0.489 e. The van der Waals surface area contributed by atoms with E-state index in [9.17, 15) is 14.3 Å². The molecule has 4 aromatic rings. The molecule has 4 aromatic carbocycles. The lowest BCUT2D eigenvalue weighted by atomic mass is 9.84. The second-order valence-corrected chi connectivity index (χ2v) is 9.58. The van der Waals surface area contributed by atoms with E-state index in [2.05, 4.69) is 48.6 Å². The number of nitrogens with one attached hydrogen (secondary N) is 1. The van der Waals surface area contributed by atoms with Gasteiger partial charge < -0.3 is 19.9 Å². The molecule has 1 heterocycles. The number of para-hydroxylation sites is 1. The van der Waals surface area contributed by atoms with Gasteiger partial charge in [0.25, 0.3) is 0 Å². The molecule has 1 aliphatic rings. The van der Waals surface area contributed by atoms with Crippen molar-refractivity contribution in [1.29, 1.82) is 0 Å².